The van der Waals surface area contributed by atoms with Gasteiger partial charge in [-0.25, -0.2) is 19.3 Å². The highest BCUT2D eigenvalue weighted by molar-refractivity contribution is 5.52. The lowest BCUT2D eigenvalue weighted by Crippen LogP contribution is -2.33. The zero-order chi connectivity index (χ0) is 21.8. The van der Waals surface area contributed by atoms with E-state index in [0.717, 1.165) is 37.4 Å². The summed E-state index contributed by atoms with van der Waals surface area (Å²) in [5.41, 5.74) is 2.38. The Morgan fingerprint density at radius 2 is 1.94 bits per heavy atom. The van der Waals surface area contributed by atoms with Crippen molar-refractivity contribution >= 4 is 5.82 Å². The van der Waals surface area contributed by atoms with Gasteiger partial charge in [-0.15, -0.1) is 0 Å². The van der Waals surface area contributed by atoms with Gasteiger partial charge in [-0.3, -0.25) is 9.88 Å². The van der Waals surface area contributed by atoms with Crippen LogP contribution >= 0.6 is 0 Å². The summed E-state index contributed by atoms with van der Waals surface area (Å²) in [4.78, 5) is 22.2. The molecule has 0 bridgehead atoms. The second kappa shape index (κ2) is 9.34. The fourth-order valence-corrected chi connectivity index (χ4v) is 3.83. The van der Waals surface area contributed by atoms with Crippen LogP contribution < -0.4 is 9.64 Å². The van der Waals surface area contributed by atoms with Crippen molar-refractivity contribution in [3.8, 4) is 17.3 Å². The van der Waals surface area contributed by atoms with Gasteiger partial charge in [0.15, 0.2) is 5.82 Å². The number of halogens is 1. The highest BCUT2D eigenvalue weighted by Crippen LogP contribution is 2.31. The van der Waals surface area contributed by atoms with Gasteiger partial charge in [0.1, 0.15) is 23.1 Å². The SMILES string of the molecule is COc1ccc(CN2CCC(c3cc(N(C)C)nc(-c4cnccn4)n3)CC2)c(F)c1. The minimum absolute atomic E-state index is 0.221. The van der Waals surface area contributed by atoms with Crippen LogP contribution in [0.3, 0.4) is 0 Å². The highest BCUT2D eigenvalue weighted by atomic mass is 19.1. The first-order valence-electron chi connectivity index (χ1n) is 10.4. The summed E-state index contributed by atoms with van der Waals surface area (Å²) in [6.07, 6.45) is 6.90. The van der Waals surface area contributed by atoms with Gasteiger partial charge >= 0.3 is 0 Å². The molecule has 0 N–H and O–H groups in total. The number of piperidine rings is 1. The molecule has 7 nitrogen and oxygen atoms in total. The molecule has 31 heavy (non-hydrogen) atoms. The van der Waals surface area contributed by atoms with E-state index in [2.05, 4.69) is 25.9 Å². The van der Waals surface area contributed by atoms with E-state index in [1.807, 2.05) is 25.1 Å². The molecule has 162 valence electrons. The van der Waals surface area contributed by atoms with Gasteiger partial charge in [-0.1, -0.05) is 6.07 Å². The lowest BCUT2D eigenvalue weighted by atomic mass is 9.92. The van der Waals surface area contributed by atoms with Crippen molar-refractivity contribution in [1.82, 2.24) is 24.8 Å². The number of aromatic nitrogens is 4. The van der Waals surface area contributed by atoms with E-state index < -0.39 is 0 Å². The maximum absolute atomic E-state index is 14.3. The first kappa shape index (κ1) is 21.1. The van der Waals surface area contributed by atoms with Crippen molar-refractivity contribution in [1.29, 1.82) is 0 Å². The molecule has 0 amide bonds. The molecule has 0 saturated carbocycles. The van der Waals surface area contributed by atoms with Gasteiger partial charge in [0.25, 0.3) is 0 Å². The van der Waals surface area contributed by atoms with Crippen LogP contribution in [0.2, 0.25) is 0 Å². The molecule has 1 aromatic carbocycles. The van der Waals surface area contributed by atoms with Gasteiger partial charge in [-0.2, -0.15) is 0 Å². The molecular formula is C23H27FN6O. The van der Waals surface area contributed by atoms with Crippen LogP contribution in [0.1, 0.15) is 30.0 Å². The first-order chi connectivity index (χ1) is 15.0. The molecule has 0 spiro atoms. The fourth-order valence-electron chi connectivity index (χ4n) is 3.83. The number of hydrogen-bond donors (Lipinski definition) is 0. The van der Waals surface area contributed by atoms with Crippen molar-refractivity contribution < 1.29 is 9.13 Å². The second-order valence-corrected chi connectivity index (χ2v) is 7.97. The Morgan fingerprint density at radius 3 is 2.58 bits per heavy atom. The largest absolute Gasteiger partial charge is 0.497 e. The third kappa shape index (κ3) is 4.96. The van der Waals surface area contributed by atoms with Crippen molar-refractivity contribution in [3.05, 3.63) is 59.9 Å². The summed E-state index contributed by atoms with van der Waals surface area (Å²) in [7, 11) is 5.49. The topological polar surface area (TPSA) is 67.3 Å². The molecule has 1 fully saturated rings. The molecule has 0 aliphatic carbocycles. The summed E-state index contributed by atoms with van der Waals surface area (Å²) < 4.78 is 19.4. The zero-order valence-electron chi connectivity index (χ0n) is 18.1. The Morgan fingerprint density at radius 1 is 1.13 bits per heavy atom. The predicted molar refractivity (Wildman–Crippen MR) is 118 cm³/mol. The van der Waals surface area contributed by atoms with Crippen LogP contribution in [-0.2, 0) is 6.54 Å². The van der Waals surface area contributed by atoms with Gasteiger partial charge in [0, 0.05) is 62.3 Å². The average Bonchev–Trinajstić information content (AvgIpc) is 2.81. The molecule has 3 heterocycles. The van der Waals surface area contributed by atoms with Crippen LogP contribution in [-0.4, -0.2) is 59.1 Å². The minimum atomic E-state index is -0.221. The summed E-state index contributed by atoms with van der Waals surface area (Å²) in [5.74, 6) is 2.10. The number of methoxy groups -OCH3 is 1. The van der Waals surface area contributed by atoms with Gasteiger partial charge in [0.2, 0.25) is 0 Å². The summed E-state index contributed by atoms with van der Waals surface area (Å²) in [6, 6.07) is 7.12. The lowest BCUT2D eigenvalue weighted by Gasteiger charge is -2.32. The molecule has 3 aromatic rings. The van der Waals surface area contributed by atoms with E-state index in [1.165, 1.54) is 6.07 Å². The number of rotatable bonds is 6. The number of hydrogen-bond acceptors (Lipinski definition) is 7. The minimum Gasteiger partial charge on any atom is -0.497 e. The number of likely N-dealkylation sites (tertiary alicyclic amines) is 1. The predicted octanol–water partition coefficient (Wildman–Crippen LogP) is 3.53. The quantitative estimate of drug-likeness (QED) is 0.602. The van der Waals surface area contributed by atoms with Gasteiger partial charge in [-0.05, 0) is 32.0 Å². The van der Waals surface area contributed by atoms with Crippen LogP contribution in [0.25, 0.3) is 11.5 Å². The van der Waals surface area contributed by atoms with Crippen LogP contribution in [0.4, 0.5) is 10.2 Å². The molecule has 8 heteroatoms. The number of anilines is 1. The Kier molecular flexibility index (Phi) is 6.36. The van der Waals surface area contributed by atoms with Gasteiger partial charge in [0.05, 0.1) is 13.3 Å². The summed E-state index contributed by atoms with van der Waals surface area (Å²) >= 11 is 0. The van der Waals surface area contributed by atoms with Crippen LogP contribution in [0.15, 0.2) is 42.9 Å². The Bertz CT molecular complexity index is 1020. The van der Waals surface area contributed by atoms with Gasteiger partial charge < -0.3 is 9.64 Å². The fraction of sp³-hybridized carbons (Fsp3) is 0.391. The van der Waals surface area contributed by atoms with E-state index in [-0.39, 0.29) is 5.82 Å². The molecule has 0 unspecified atom stereocenters. The monoisotopic (exact) mass is 422 g/mol. The second-order valence-electron chi connectivity index (χ2n) is 7.97. The van der Waals surface area contributed by atoms with Crippen molar-refractivity contribution in [3.63, 3.8) is 0 Å². The molecule has 2 aromatic heterocycles. The average molecular weight is 423 g/mol. The molecular weight excluding hydrogens is 395 g/mol. The van der Waals surface area contributed by atoms with E-state index in [9.17, 15) is 4.39 Å². The molecule has 1 saturated heterocycles. The van der Waals surface area contributed by atoms with E-state index >= 15 is 0 Å². The number of benzene rings is 1. The maximum atomic E-state index is 14.3. The smallest absolute Gasteiger partial charge is 0.182 e. The number of ether oxygens (including phenoxy) is 1. The normalized spacial score (nSPS) is 15.1. The molecule has 0 radical (unpaired) electrons. The molecule has 0 atom stereocenters. The molecule has 1 aliphatic heterocycles. The van der Waals surface area contributed by atoms with Crippen molar-refractivity contribution in [2.75, 3.05) is 39.2 Å². The van der Waals surface area contributed by atoms with E-state index in [1.54, 1.807) is 31.8 Å². The summed E-state index contributed by atoms with van der Waals surface area (Å²) in [6.45, 7) is 2.37. The molecule has 1 aliphatic rings. The maximum Gasteiger partial charge on any atom is 0.182 e. The highest BCUT2D eigenvalue weighted by Gasteiger charge is 2.24. The van der Waals surface area contributed by atoms with Crippen molar-refractivity contribution in [2.45, 2.75) is 25.3 Å². The third-order valence-electron chi connectivity index (χ3n) is 5.64. The zero-order valence-corrected chi connectivity index (χ0v) is 18.1. The lowest BCUT2D eigenvalue weighted by molar-refractivity contribution is 0.201. The van der Waals surface area contributed by atoms with Crippen LogP contribution in [0.5, 0.6) is 5.75 Å². The van der Waals surface area contributed by atoms with Crippen molar-refractivity contribution in [2.24, 2.45) is 0 Å². The van der Waals surface area contributed by atoms with E-state index in [4.69, 9.17) is 9.72 Å². The standard InChI is InChI=1S/C23H27FN6O/c1-29(2)22-13-20(27-23(28-22)21-14-25-8-9-26-21)16-6-10-30(11-7-16)15-17-4-5-18(31-3)12-19(17)24/h4-5,8-9,12-14,16H,6-7,10-11,15H2,1-3H3. The third-order valence-corrected chi connectivity index (χ3v) is 5.64. The first-order valence-corrected chi connectivity index (χ1v) is 10.4. The Hall–Kier alpha value is -3.13. The Balaban J connectivity index is 1.47. The number of nitrogens with zero attached hydrogens (tertiary/aromatic N) is 6. The molecule has 4 rings (SSSR count). The Labute approximate surface area is 182 Å². The summed E-state index contributed by atoms with van der Waals surface area (Å²) in [5, 5.41) is 0. The van der Waals surface area contributed by atoms with Crippen LogP contribution in [0, 0.1) is 5.82 Å². The van der Waals surface area contributed by atoms with E-state index in [0.29, 0.717) is 35.3 Å².